The van der Waals surface area contributed by atoms with E-state index in [1.165, 1.54) is 0 Å². The van der Waals surface area contributed by atoms with Crippen molar-refractivity contribution in [2.45, 2.75) is 6.54 Å². The summed E-state index contributed by atoms with van der Waals surface area (Å²) in [6.07, 6.45) is 5.31. The fraction of sp³-hybridized carbons (Fsp3) is 0.312. The van der Waals surface area contributed by atoms with Crippen LogP contribution >= 0.6 is 0 Å². The third-order valence-electron chi connectivity index (χ3n) is 3.69. The van der Waals surface area contributed by atoms with Crippen molar-refractivity contribution in [2.24, 2.45) is 0 Å². The van der Waals surface area contributed by atoms with Crippen molar-refractivity contribution in [1.82, 2.24) is 15.3 Å². The molecule has 0 atom stereocenters. The lowest BCUT2D eigenvalue weighted by atomic mass is 10.0. The van der Waals surface area contributed by atoms with Gasteiger partial charge >= 0.3 is 0 Å². The van der Waals surface area contributed by atoms with Gasteiger partial charge in [0, 0.05) is 48.7 Å². The van der Waals surface area contributed by atoms with Crippen molar-refractivity contribution >= 4 is 12.3 Å². The Kier molecular flexibility index (Phi) is 4.77. The van der Waals surface area contributed by atoms with Crippen LogP contribution in [0, 0.1) is 11.2 Å². The number of ether oxygens (including phenoxy) is 1. The molecule has 119 valence electrons. The average Bonchev–Trinajstić information content (AvgIpc) is 2.62. The highest BCUT2D eigenvalue weighted by atomic mass is 19.1. The van der Waals surface area contributed by atoms with Gasteiger partial charge in [-0.25, -0.2) is 14.4 Å². The van der Waals surface area contributed by atoms with Gasteiger partial charge < -0.3 is 15.0 Å². The topological polar surface area (TPSA) is 74.1 Å². The number of rotatable bonds is 5. The Hall–Kier alpha value is -2.54. The largest absolute Gasteiger partial charge is 0.378 e. The Balaban J connectivity index is 1.82. The minimum absolute atomic E-state index is 0.218. The summed E-state index contributed by atoms with van der Waals surface area (Å²) >= 11 is 0. The molecule has 1 saturated heterocycles. The van der Waals surface area contributed by atoms with E-state index in [-0.39, 0.29) is 12.4 Å². The van der Waals surface area contributed by atoms with Crippen LogP contribution in [-0.4, -0.2) is 42.6 Å². The maximum absolute atomic E-state index is 14.5. The maximum atomic E-state index is 14.5. The van der Waals surface area contributed by atoms with Crippen LogP contribution in [0.25, 0.3) is 11.1 Å². The minimum atomic E-state index is -0.335. The van der Waals surface area contributed by atoms with Crippen LogP contribution in [0.3, 0.4) is 0 Å². The van der Waals surface area contributed by atoms with Gasteiger partial charge in [0.1, 0.15) is 5.82 Å². The van der Waals surface area contributed by atoms with Crippen LogP contribution in [0.2, 0.25) is 0 Å². The Morgan fingerprint density at radius 2 is 2.00 bits per heavy atom. The van der Waals surface area contributed by atoms with Gasteiger partial charge in [-0.15, -0.1) is 0 Å². The predicted octanol–water partition coefficient (Wildman–Crippen LogP) is 1.69. The van der Waals surface area contributed by atoms with Gasteiger partial charge in [-0.05, 0) is 0 Å². The molecule has 23 heavy (non-hydrogen) atoms. The van der Waals surface area contributed by atoms with Crippen molar-refractivity contribution in [3.05, 3.63) is 42.0 Å². The third kappa shape index (κ3) is 3.45. The van der Waals surface area contributed by atoms with E-state index in [0.717, 1.165) is 13.1 Å². The van der Waals surface area contributed by atoms with Gasteiger partial charge in [-0.1, -0.05) is 18.2 Å². The maximum Gasteiger partial charge on any atom is 0.225 e. The van der Waals surface area contributed by atoms with Crippen LogP contribution in [-0.2, 0) is 11.3 Å². The van der Waals surface area contributed by atoms with E-state index < -0.39 is 0 Å². The first-order valence-electron chi connectivity index (χ1n) is 7.36. The summed E-state index contributed by atoms with van der Waals surface area (Å²) in [5.41, 5.74) is 1.54. The third-order valence-corrected chi connectivity index (χ3v) is 3.69. The van der Waals surface area contributed by atoms with E-state index in [0.29, 0.717) is 35.9 Å². The summed E-state index contributed by atoms with van der Waals surface area (Å²) in [4.78, 5) is 10.7. The second-order valence-electron chi connectivity index (χ2n) is 5.13. The molecule has 1 radical (unpaired) electrons. The molecule has 0 bridgehead atoms. The molecule has 2 heterocycles. The van der Waals surface area contributed by atoms with Gasteiger partial charge in [0.2, 0.25) is 5.95 Å². The van der Waals surface area contributed by atoms with Crippen LogP contribution in [0.15, 0.2) is 30.6 Å². The summed E-state index contributed by atoms with van der Waals surface area (Å²) in [5, 5.41) is 9.41. The summed E-state index contributed by atoms with van der Waals surface area (Å²) in [6.45, 7) is 3.07. The first kappa shape index (κ1) is 15.4. The Labute approximate surface area is 133 Å². The zero-order valence-electron chi connectivity index (χ0n) is 12.6. The molecule has 0 spiro atoms. The molecule has 7 heteroatoms. The highest BCUT2D eigenvalue weighted by molar-refractivity contribution is 5.64. The number of morpholine rings is 1. The number of halogens is 1. The van der Waals surface area contributed by atoms with Crippen LogP contribution in [0.1, 0.15) is 5.56 Å². The first-order chi connectivity index (χ1) is 11.3. The second-order valence-corrected chi connectivity index (χ2v) is 5.13. The number of hydrogen-bond acceptors (Lipinski definition) is 5. The lowest BCUT2D eigenvalue weighted by Crippen LogP contribution is -2.37. The number of benzene rings is 1. The number of anilines is 1. The Bertz CT molecular complexity index is 671. The predicted molar refractivity (Wildman–Crippen MR) is 85.0 cm³/mol. The molecule has 0 aliphatic carbocycles. The van der Waals surface area contributed by atoms with Crippen molar-refractivity contribution in [3.8, 4) is 11.1 Å². The van der Waals surface area contributed by atoms with E-state index in [1.54, 1.807) is 30.6 Å². The van der Waals surface area contributed by atoms with Crippen molar-refractivity contribution in [1.29, 1.82) is 5.41 Å². The fourth-order valence-corrected chi connectivity index (χ4v) is 2.47. The number of aromatic nitrogens is 2. The summed E-state index contributed by atoms with van der Waals surface area (Å²) in [6, 6.07) is 5.14. The van der Waals surface area contributed by atoms with Gasteiger partial charge in [0.15, 0.2) is 6.34 Å². The lowest BCUT2D eigenvalue weighted by molar-refractivity contribution is 0.122. The molecular formula is C16H17FN5O. The summed E-state index contributed by atoms with van der Waals surface area (Å²) in [5.74, 6) is 0.298. The zero-order chi connectivity index (χ0) is 16.1. The van der Waals surface area contributed by atoms with Gasteiger partial charge in [-0.3, -0.25) is 5.41 Å². The molecule has 1 aliphatic rings. The quantitative estimate of drug-likeness (QED) is 0.499. The summed E-state index contributed by atoms with van der Waals surface area (Å²) in [7, 11) is 0. The molecule has 0 saturated carbocycles. The molecule has 3 rings (SSSR count). The lowest BCUT2D eigenvalue weighted by Gasteiger charge is -2.26. The monoisotopic (exact) mass is 314 g/mol. The van der Waals surface area contributed by atoms with E-state index >= 15 is 0 Å². The Morgan fingerprint density at radius 3 is 2.70 bits per heavy atom. The van der Waals surface area contributed by atoms with E-state index in [9.17, 15) is 4.39 Å². The van der Waals surface area contributed by atoms with Crippen molar-refractivity contribution < 1.29 is 9.13 Å². The van der Waals surface area contributed by atoms with Crippen LogP contribution in [0.5, 0.6) is 0 Å². The van der Waals surface area contributed by atoms with E-state index in [1.807, 2.05) is 11.2 Å². The first-order valence-corrected chi connectivity index (χ1v) is 7.36. The zero-order valence-corrected chi connectivity index (χ0v) is 12.6. The Morgan fingerprint density at radius 1 is 1.26 bits per heavy atom. The normalized spacial score (nSPS) is 14.6. The molecule has 1 fully saturated rings. The highest BCUT2D eigenvalue weighted by Crippen LogP contribution is 2.24. The minimum Gasteiger partial charge on any atom is -0.378 e. The van der Waals surface area contributed by atoms with Crippen LogP contribution in [0.4, 0.5) is 10.3 Å². The SMILES string of the molecule is N=[C]NCc1cccc(-c2cnc(N3CCOCC3)nc2)c1F. The molecule has 1 aromatic carbocycles. The molecule has 1 aromatic heterocycles. The average molecular weight is 314 g/mol. The van der Waals surface area contributed by atoms with E-state index in [4.69, 9.17) is 10.1 Å². The number of nitrogens with one attached hydrogen (secondary N) is 2. The highest BCUT2D eigenvalue weighted by Gasteiger charge is 2.15. The van der Waals surface area contributed by atoms with Gasteiger partial charge in [0.25, 0.3) is 0 Å². The van der Waals surface area contributed by atoms with Gasteiger partial charge in [-0.2, -0.15) is 0 Å². The number of nitrogens with zero attached hydrogens (tertiary/aromatic N) is 3. The van der Waals surface area contributed by atoms with Crippen molar-refractivity contribution in [3.63, 3.8) is 0 Å². The standard InChI is InChI=1S/C16H17FN5O/c17-15-12(8-19-11-18)2-1-3-14(15)13-9-20-16(21-10-13)22-4-6-23-7-5-22/h1-3,9-10H,4-8H2,(H2,18,19). The molecule has 0 amide bonds. The molecular weight excluding hydrogens is 297 g/mol. The summed E-state index contributed by atoms with van der Waals surface area (Å²) < 4.78 is 19.8. The number of hydrogen-bond donors (Lipinski definition) is 2. The van der Waals surface area contributed by atoms with Gasteiger partial charge in [0.05, 0.1) is 13.2 Å². The van der Waals surface area contributed by atoms with Crippen LogP contribution < -0.4 is 10.2 Å². The van der Waals surface area contributed by atoms with E-state index in [2.05, 4.69) is 15.3 Å². The van der Waals surface area contributed by atoms with Crippen molar-refractivity contribution in [2.75, 3.05) is 31.2 Å². The molecule has 2 N–H and O–H groups in total. The smallest absolute Gasteiger partial charge is 0.225 e. The molecule has 0 unspecified atom stereocenters. The molecule has 1 aliphatic heterocycles. The molecule has 2 aromatic rings. The fourth-order valence-electron chi connectivity index (χ4n) is 2.47. The second kappa shape index (κ2) is 7.15. The molecule has 6 nitrogen and oxygen atoms in total.